The second-order valence-electron chi connectivity index (χ2n) is 15.7. The molecule has 0 amide bonds. The summed E-state index contributed by atoms with van der Waals surface area (Å²) in [7, 11) is 0. The zero-order chi connectivity index (χ0) is 41.4. The van der Waals surface area contributed by atoms with Gasteiger partial charge in [0.05, 0.1) is 5.56 Å². The number of benzene rings is 9. The first kappa shape index (κ1) is 35.9. The predicted octanol–water partition coefficient (Wildman–Crippen LogP) is 15.9. The molecule has 0 N–H and O–H groups in total. The van der Waals surface area contributed by atoms with Gasteiger partial charge in [0.15, 0.2) is 23.1 Å². The van der Waals surface area contributed by atoms with Crippen LogP contribution in [-0.2, 0) is 0 Å². The van der Waals surface area contributed by atoms with Crippen molar-refractivity contribution in [2.75, 3.05) is 0 Å². The molecule has 0 aliphatic heterocycles. The summed E-state index contributed by atoms with van der Waals surface area (Å²) in [6.07, 6.45) is 0. The second-order valence-corrected chi connectivity index (χ2v) is 17.9. The molecular weight excluding hydrogens is 809 g/mol. The number of thiophene rings is 2. The molecule has 0 bridgehead atoms. The first-order valence-electron chi connectivity index (χ1n) is 20.9. The molecule has 0 spiro atoms. The van der Waals surface area contributed by atoms with Crippen LogP contribution in [0.4, 0.5) is 0 Å². The molecule has 294 valence electrons. The highest BCUT2D eigenvalue weighted by atomic mass is 32.1. The fraction of sp³-hybridized carbons (Fsp3) is 0. The van der Waals surface area contributed by atoms with Crippen LogP contribution in [0.15, 0.2) is 199 Å². The van der Waals surface area contributed by atoms with Crippen molar-refractivity contribution in [2.24, 2.45) is 0 Å². The van der Waals surface area contributed by atoms with Gasteiger partial charge in [0.1, 0.15) is 5.52 Å². The van der Waals surface area contributed by atoms with E-state index in [4.69, 9.17) is 24.4 Å². The van der Waals surface area contributed by atoms with Crippen LogP contribution < -0.4 is 0 Å². The van der Waals surface area contributed by atoms with Gasteiger partial charge in [-0.2, -0.15) is 0 Å². The molecule has 13 aromatic rings. The number of nitrogens with zero attached hydrogens (tertiary/aromatic N) is 4. The minimum absolute atomic E-state index is 0.628. The lowest BCUT2D eigenvalue weighted by Gasteiger charge is -2.13. The van der Waals surface area contributed by atoms with E-state index < -0.39 is 0 Å². The van der Waals surface area contributed by atoms with Crippen molar-refractivity contribution >= 4 is 84.9 Å². The lowest BCUT2D eigenvalue weighted by atomic mass is 9.94. The Kier molecular flexibility index (Phi) is 8.19. The standard InChI is InChI=1S/C56H32N4OS2/c1-3-12-33(13-4-1)34-22-24-36(25-23-34)54-58-53(35-14-5-2-6-15-35)59-55(60-54)43-28-27-38(39-16-7-8-17-40(39)43)37-26-30-48-45(32-37)50-49(62-48)31-29-46-51(50)61-56(57-46)44-20-11-19-42-41-18-9-10-21-47(41)63-52(42)44/h1-32H. The van der Waals surface area contributed by atoms with Gasteiger partial charge in [0.25, 0.3) is 0 Å². The van der Waals surface area contributed by atoms with Crippen molar-refractivity contribution in [2.45, 2.75) is 0 Å². The van der Waals surface area contributed by atoms with Gasteiger partial charge in [-0.3, -0.25) is 0 Å². The van der Waals surface area contributed by atoms with Crippen molar-refractivity contribution in [3.05, 3.63) is 194 Å². The highest BCUT2D eigenvalue weighted by Crippen LogP contribution is 2.45. The zero-order valence-electron chi connectivity index (χ0n) is 33.5. The number of aromatic nitrogens is 4. The highest BCUT2D eigenvalue weighted by Gasteiger charge is 2.20. The van der Waals surface area contributed by atoms with Gasteiger partial charge in [0, 0.05) is 57.0 Å². The largest absolute Gasteiger partial charge is 0.435 e. The lowest BCUT2D eigenvalue weighted by Crippen LogP contribution is -2.00. The predicted molar refractivity (Wildman–Crippen MR) is 263 cm³/mol. The van der Waals surface area contributed by atoms with Crippen LogP contribution in [0.25, 0.3) is 130 Å². The Bertz CT molecular complexity index is 3910. The summed E-state index contributed by atoms with van der Waals surface area (Å²) in [5.74, 6) is 2.53. The van der Waals surface area contributed by atoms with E-state index in [1.807, 2.05) is 36.4 Å². The summed E-state index contributed by atoms with van der Waals surface area (Å²) in [5, 5.41) is 6.93. The van der Waals surface area contributed by atoms with Crippen molar-refractivity contribution in [3.63, 3.8) is 0 Å². The molecule has 0 saturated heterocycles. The van der Waals surface area contributed by atoms with E-state index in [1.54, 1.807) is 22.7 Å². The van der Waals surface area contributed by atoms with Crippen LogP contribution >= 0.6 is 22.7 Å². The summed E-state index contributed by atoms with van der Waals surface area (Å²) in [6.45, 7) is 0. The van der Waals surface area contributed by atoms with E-state index in [0.717, 1.165) is 71.6 Å². The van der Waals surface area contributed by atoms with Gasteiger partial charge in [0.2, 0.25) is 5.89 Å². The molecule has 9 aromatic carbocycles. The smallest absolute Gasteiger partial charge is 0.228 e. The molecule has 0 unspecified atom stereocenters. The summed E-state index contributed by atoms with van der Waals surface area (Å²) < 4.78 is 11.6. The SMILES string of the molecule is c1ccc(-c2ccc(-c3nc(-c4ccccc4)nc(-c4ccc(-c5ccc6sc7ccc8nc(-c9cccc%10c9sc9ccccc9%10)oc8c7c6c5)c5ccccc45)n3)cc2)cc1. The maximum atomic E-state index is 6.81. The highest BCUT2D eigenvalue weighted by molar-refractivity contribution is 7.26. The number of rotatable bonds is 6. The minimum Gasteiger partial charge on any atom is -0.435 e. The maximum absolute atomic E-state index is 6.81. The third kappa shape index (κ3) is 5.97. The molecule has 0 saturated carbocycles. The first-order chi connectivity index (χ1) is 31.2. The van der Waals surface area contributed by atoms with Gasteiger partial charge >= 0.3 is 0 Å². The molecular formula is C56H32N4OS2. The van der Waals surface area contributed by atoms with Crippen LogP contribution in [0, 0.1) is 0 Å². The lowest BCUT2D eigenvalue weighted by molar-refractivity contribution is 0.624. The molecule has 5 nitrogen and oxygen atoms in total. The van der Waals surface area contributed by atoms with Crippen LogP contribution in [0.2, 0.25) is 0 Å². The molecule has 4 heterocycles. The van der Waals surface area contributed by atoms with Crippen molar-refractivity contribution in [3.8, 4) is 67.9 Å². The fourth-order valence-corrected chi connectivity index (χ4v) is 11.3. The normalized spacial score (nSPS) is 11.8. The maximum Gasteiger partial charge on any atom is 0.228 e. The molecule has 0 radical (unpaired) electrons. The summed E-state index contributed by atoms with van der Waals surface area (Å²) in [4.78, 5) is 20.4. The number of oxazole rings is 1. The molecule has 7 heteroatoms. The minimum atomic E-state index is 0.628. The average molecular weight is 841 g/mol. The van der Waals surface area contributed by atoms with Gasteiger partial charge in [-0.05, 0) is 75.5 Å². The van der Waals surface area contributed by atoms with Gasteiger partial charge < -0.3 is 4.42 Å². The Morgan fingerprint density at radius 3 is 1.70 bits per heavy atom. The van der Waals surface area contributed by atoms with Gasteiger partial charge in [-0.25, -0.2) is 19.9 Å². The molecule has 4 aromatic heterocycles. The molecule has 0 aliphatic rings. The van der Waals surface area contributed by atoms with Crippen molar-refractivity contribution < 1.29 is 4.42 Å². The molecule has 0 atom stereocenters. The number of hydrogen-bond acceptors (Lipinski definition) is 7. The van der Waals surface area contributed by atoms with E-state index in [0.29, 0.717) is 23.4 Å². The second kappa shape index (κ2) is 14.4. The van der Waals surface area contributed by atoms with E-state index >= 15 is 0 Å². The summed E-state index contributed by atoms with van der Waals surface area (Å²) >= 11 is 3.58. The van der Waals surface area contributed by atoms with E-state index in [2.05, 4.69) is 158 Å². The Hall–Kier alpha value is -7.84. The third-order valence-electron chi connectivity index (χ3n) is 12.0. The molecule has 63 heavy (non-hydrogen) atoms. The molecule has 0 fully saturated rings. The monoisotopic (exact) mass is 840 g/mol. The van der Waals surface area contributed by atoms with Crippen LogP contribution in [0.1, 0.15) is 0 Å². The van der Waals surface area contributed by atoms with Crippen LogP contribution in [-0.4, -0.2) is 19.9 Å². The molecule has 0 aliphatic carbocycles. The van der Waals surface area contributed by atoms with Crippen molar-refractivity contribution in [1.29, 1.82) is 0 Å². The summed E-state index contributed by atoms with van der Waals surface area (Å²) in [5.41, 5.74) is 10.1. The first-order valence-corrected chi connectivity index (χ1v) is 22.5. The molecule has 13 rings (SSSR count). The Labute approximate surface area is 369 Å². The Morgan fingerprint density at radius 2 is 0.905 bits per heavy atom. The Morgan fingerprint density at radius 1 is 0.333 bits per heavy atom. The van der Waals surface area contributed by atoms with Gasteiger partial charge in [-0.15, -0.1) is 22.7 Å². The van der Waals surface area contributed by atoms with Gasteiger partial charge in [-0.1, -0.05) is 152 Å². The summed E-state index contributed by atoms with van der Waals surface area (Å²) in [6, 6.07) is 68.0. The number of fused-ring (bicyclic) bond motifs is 9. The topological polar surface area (TPSA) is 64.7 Å². The van der Waals surface area contributed by atoms with Crippen LogP contribution in [0.3, 0.4) is 0 Å². The van der Waals surface area contributed by atoms with E-state index in [-0.39, 0.29) is 0 Å². The van der Waals surface area contributed by atoms with E-state index in [1.165, 1.54) is 35.1 Å². The van der Waals surface area contributed by atoms with E-state index in [9.17, 15) is 0 Å². The Balaban J connectivity index is 0.936. The third-order valence-corrected chi connectivity index (χ3v) is 14.4. The van der Waals surface area contributed by atoms with Crippen LogP contribution in [0.5, 0.6) is 0 Å². The fourth-order valence-electron chi connectivity index (χ4n) is 8.98. The zero-order valence-corrected chi connectivity index (χ0v) is 35.1. The number of hydrogen-bond donors (Lipinski definition) is 0. The average Bonchev–Trinajstić information content (AvgIpc) is 4.07. The van der Waals surface area contributed by atoms with Crippen molar-refractivity contribution in [1.82, 2.24) is 19.9 Å². The quantitative estimate of drug-likeness (QED) is 0.167.